The topological polar surface area (TPSA) is 99.6 Å². The molecule has 0 aliphatic rings. The lowest BCUT2D eigenvalue weighted by Gasteiger charge is -2.21. The monoisotopic (exact) mass is 357 g/mol. The van der Waals surface area contributed by atoms with Crippen molar-refractivity contribution in [3.63, 3.8) is 0 Å². The van der Waals surface area contributed by atoms with Gasteiger partial charge in [0.1, 0.15) is 11.4 Å². The fourth-order valence-corrected chi connectivity index (χ4v) is 2.50. The van der Waals surface area contributed by atoms with E-state index < -0.39 is 11.7 Å². The summed E-state index contributed by atoms with van der Waals surface area (Å²) in [6.07, 6.45) is 0.143. The van der Waals surface area contributed by atoms with Gasteiger partial charge in [0.15, 0.2) is 0 Å². The van der Waals surface area contributed by atoms with Gasteiger partial charge in [0.05, 0.1) is 18.0 Å². The highest BCUT2D eigenvalue weighted by Crippen LogP contribution is 2.27. The first-order chi connectivity index (χ1) is 12.2. The number of rotatable bonds is 5. The number of amides is 1. The summed E-state index contributed by atoms with van der Waals surface area (Å²) >= 11 is 0. The lowest BCUT2D eigenvalue weighted by Crippen LogP contribution is -2.27. The number of ether oxygens (including phenoxy) is 2. The molecular weight excluding hydrogens is 330 g/mol. The summed E-state index contributed by atoms with van der Waals surface area (Å²) in [4.78, 5) is 12.0. The van der Waals surface area contributed by atoms with Crippen molar-refractivity contribution in [2.75, 3.05) is 23.4 Å². The van der Waals surface area contributed by atoms with E-state index in [4.69, 9.17) is 20.9 Å². The third kappa shape index (κ3) is 5.58. The molecule has 0 spiro atoms. The van der Waals surface area contributed by atoms with Gasteiger partial charge in [-0.1, -0.05) is 12.1 Å². The number of hydrogen-bond acceptors (Lipinski definition) is 5. The molecular formula is C20H27N3O3. The van der Waals surface area contributed by atoms with Crippen molar-refractivity contribution in [2.45, 2.75) is 39.7 Å². The molecule has 0 saturated heterocycles. The number of carbonyl (C=O) groups excluding carboxylic acids is 1. The zero-order chi connectivity index (χ0) is 19.3. The van der Waals surface area contributed by atoms with Gasteiger partial charge < -0.3 is 20.9 Å². The minimum atomic E-state index is -0.574. The minimum Gasteiger partial charge on any atom is -0.493 e. The van der Waals surface area contributed by atoms with Gasteiger partial charge in [-0.3, -0.25) is 5.32 Å². The van der Waals surface area contributed by atoms with Crippen molar-refractivity contribution in [1.29, 1.82) is 0 Å². The van der Waals surface area contributed by atoms with Crippen molar-refractivity contribution >= 4 is 23.2 Å². The van der Waals surface area contributed by atoms with E-state index in [9.17, 15) is 4.79 Å². The fraction of sp³-hybridized carbons (Fsp3) is 0.350. The van der Waals surface area contributed by atoms with Crippen LogP contribution in [0.25, 0.3) is 0 Å². The predicted molar refractivity (Wildman–Crippen MR) is 106 cm³/mol. The number of benzene rings is 2. The second-order valence-electron chi connectivity index (χ2n) is 7.11. The van der Waals surface area contributed by atoms with E-state index in [-0.39, 0.29) is 0 Å². The predicted octanol–water partition coefficient (Wildman–Crippen LogP) is 4.13. The molecule has 6 nitrogen and oxygen atoms in total. The molecule has 2 rings (SSSR count). The van der Waals surface area contributed by atoms with Gasteiger partial charge in [-0.2, -0.15) is 0 Å². The van der Waals surface area contributed by atoms with E-state index in [2.05, 4.69) is 5.32 Å². The maximum absolute atomic E-state index is 12.0. The SMILES string of the molecule is Cc1c(CCOc2cccc(N)c2)ccc(N)c1NC(=O)OC(C)(C)C. The zero-order valence-corrected chi connectivity index (χ0v) is 15.8. The molecule has 26 heavy (non-hydrogen) atoms. The molecule has 0 aliphatic carbocycles. The van der Waals surface area contributed by atoms with Crippen LogP contribution < -0.4 is 21.5 Å². The van der Waals surface area contributed by atoms with Crippen LogP contribution in [0.1, 0.15) is 31.9 Å². The van der Waals surface area contributed by atoms with Gasteiger partial charge in [0.25, 0.3) is 0 Å². The van der Waals surface area contributed by atoms with Gasteiger partial charge >= 0.3 is 6.09 Å². The summed E-state index contributed by atoms with van der Waals surface area (Å²) in [6.45, 7) is 7.84. The van der Waals surface area contributed by atoms with Crippen LogP contribution in [-0.4, -0.2) is 18.3 Å². The van der Waals surface area contributed by atoms with E-state index in [0.29, 0.717) is 30.1 Å². The molecule has 6 heteroatoms. The molecule has 0 aliphatic heterocycles. The standard InChI is InChI=1S/C20H27N3O3/c1-13-14(10-11-25-16-7-5-6-15(21)12-16)8-9-17(22)18(13)23-19(24)26-20(2,3)4/h5-9,12H,10-11,21-22H2,1-4H3,(H,23,24). The van der Waals surface area contributed by atoms with Gasteiger partial charge in [-0.25, -0.2) is 4.79 Å². The first kappa shape index (κ1) is 19.4. The van der Waals surface area contributed by atoms with E-state index in [0.717, 1.165) is 16.9 Å². The van der Waals surface area contributed by atoms with Crippen LogP contribution in [0.3, 0.4) is 0 Å². The second-order valence-corrected chi connectivity index (χ2v) is 7.11. The Balaban J connectivity index is 2.05. The summed E-state index contributed by atoms with van der Waals surface area (Å²) in [7, 11) is 0. The van der Waals surface area contributed by atoms with Crippen molar-refractivity contribution in [3.8, 4) is 5.75 Å². The number of nitrogens with one attached hydrogen (secondary N) is 1. The Labute approximate surface area is 154 Å². The number of carbonyl (C=O) groups is 1. The summed E-state index contributed by atoms with van der Waals surface area (Å²) in [5.41, 5.74) is 14.9. The lowest BCUT2D eigenvalue weighted by atomic mass is 10.0. The van der Waals surface area contributed by atoms with Gasteiger partial charge in [0, 0.05) is 18.2 Å². The fourth-order valence-electron chi connectivity index (χ4n) is 2.50. The highest BCUT2D eigenvalue weighted by Gasteiger charge is 2.18. The maximum Gasteiger partial charge on any atom is 0.412 e. The smallest absolute Gasteiger partial charge is 0.412 e. The van der Waals surface area contributed by atoms with Gasteiger partial charge in [-0.15, -0.1) is 0 Å². The van der Waals surface area contributed by atoms with Crippen LogP contribution in [0.4, 0.5) is 21.9 Å². The average Bonchev–Trinajstić information content (AvgIpc) is 2.52. The summed E-state index contributed by atoms with van der Waals surface area (Å²) in [6, 6.07) is 11.0. The molecule has 5 N–H and O–H groups in total. The molecule has 0 radical (unpaired) electrons. The van der Waals surface area contributed by atoms with Crippen LogP contribution in [-0.2, 0) is 11.2 Å². The average molecular weight is 357 g/mol. The Kier molecular flexibility index (Phi) is 5.97. The maximum atomic E-state index is 12.0. The van der Waals surface area contributed by atoms with Gasteiger partial charge in [-0.05, 0) is 57.0 Å². The highest BCUT2D eigenvalue weighted by molar-refractivity contribution is 5.90. The molecule has 2 aromatic rings. The van der Waals surface area contributed by atoms with Crippen molar-refractivity contribution in [2.24, 2.45) is 0 Å². The van der Waals surface area contributed by atoms with Crippen molar-refractivity contribution in [3.05, 3.63) is 47.5 Å². The molecule has 0 atom stereocenters. The Bertz CT molecular complexity index is 782. The molecule has 0 aromatic heterocycles. The van der Waals surface area contributed by atoms with Crippen molar-refractivity contribution in [1.82, 2.24) is 0 Å². The lowest BCUT2D eigenvalue weighted by molar-refractivity contribution is 0.0636. The van der Waals surface area contributed by atoms with Crippen LogP contribution in [0.5, 0.6) is 5.75 Å². The third-order valence-electron chi connectivity index (χ3n) is 3.73. The van der Waals surface area contributed by atoms with Crippen LogP contribution >= 0.6 is 0 Å². The Morgan fingerprint density at radius 2 is 1.88 bits per heavy atom. The Morgan fingerprint density at radius 1 is 1.15 bits per heavy atom. The van der Waals surface area contributed by atoms with E-state index in [1.54, 1.807) is 12.1 Å². The molecule has 140 valence electrons. The Hall–Kier alpha value is -2.89. The van der Waals surface area contributed by atoms with Crippen molar-refractivity contribution < 1.29 is 14.3 Å². The molecule has 0 unspecified atom stereocenters. The molecule has 1 amide bonds. The summed E-state index contributed by atoms with van der Waals surface area (Å²) < 4.78 is 11.0. The van der Waals surface area contributed by atoms with E-state index in [1.807, 2.05) is 52.0 Å². The minimum absolute atomic E-state index is 0.486. The van der Waals surface area contributed by atoms with Gasteiger partial charge in [0.2, 0.25) is 0 Å². The number of nitrogen functional groups attached to an aromatic ring is 2. The van der Waals surface area contributed by atoms with Crippen LogP contribution in [0.2, 0.25) is 0 Å². The number of anilines is 3. The second kappa shape index (κ2) is 7.99. The summed E-state index contributed by atoms with van der Waals surface area (Å²) in [5, 5.41) is 2.75. The summed E-state index contributed by atoms with van der Waals surface area (Å²) in [5.74, 6) is 0.727. The van der Waals surface area contributed by atoms with Crippen LogP contribution in [0.15, 0.2) is 36.4 Å². The molecule has 0 saturated carbocycles. The first-order valence-corrected chi connectivity index (χ1v) is 8.52. The molecule has 0 fully saturated rings. The molecule has 0 bridgehead atoms. The normalized spacial score (nSPS) is 11.1. The zero-order valence-electron chi connectivity index (χ0n) is 15.8. The first-order valence-electron chi connectivity index (χ1n) is 8.52. The quantitative estimate of drug-likeness (QED) is 0.699. The Morgan fingerprint density at radius 3 is 2.54 bits per heavy atom. The number of hydrogen-bond donors (Lipinski definition) is 3. The molecule has 2 aromatic carbocycles. The largest absolute Gasteiger partial charge is 0.493 e. The van der Waals surface area contributed by atoms with Crippen LogP contribution in [0, 0.1) is 6.92 Å². The number of nitrogens with two attached hydrogens (primary N) is 2. The third-order valence-corrected chi connectivity index (χ3v) is 3.73. The van der Waals surface area contributed by atoms with E-state index in [1.165, 1.54) is 0 Å². The van der Waals surface area contributed by atoms with E-state index >= 15 is 0 Å². The molecule has 0 heterocycles. The highest BCUT2D eigenvalue weighted by atomic mass is 16.6.